The Morgan fingerprint density at radius 2 is 2.00 bits per heavy atom. The second-order valence-electron chi connectivity index (χ2n) is 3.18. The van der Waals surface area contributed by atoms with Gasteiger partial charge in [0.15, 0.2) is 0 Å². The Morgan fingerprint density at radius 3 is 2.43 bits per heavy atom. The largest absolute Gasteiger partial charge is 0.411 e. The molecule has 0 spiro atoms. The van der Waals surface area contributed by atoms with E-state index in [0.717, 1.165) is 0 Å². The Morgan fingerprint density at radius 1 is 1.43 bits per heavy atom. The van der Waals surface area contributed by atoms with Gasteiger partial charge in [0.05, 0.1) is 13.2 Å². The number of hydrogen-bond acceptors (Lipinski definition) is 3. The number of likely N-dealkylation sites (N-methyl/N-ethyl adjacent to an activating group) is 1. The smallest absolute Gasteiger partial charge is 0.395 e. The third-order valence-electron chi connectivity index (χ3n) is 1.87. The summed E-state index contributed by atoms with van der Waals surface area (Å²) in [4.78, 5) is 1.73. The molecule has 86 valence electrons. The van der Waals surface area contributed by atoms with Crippen LogP contribution in [0, 0.1) is 0 Å². The average Bonchev–Trinajstić information content (AvgIpc) is 2.09. The molecule has 0 saturated heterocycles. The molecule has 3 nitrogen and oxygen atoms in total. The van der Waals surface area contributed by atoms with Gasteiger partial charge in [-0.2, -0.15) is 13.2 Å². The summed E-state index contributed by atoms with van der Waals surface area (Å²) in [6, 6.07) is -0.0653. The van der Waals surface area contributed by atoms with Gasteiger partial charge in [-0.15, -0.1) is 0 Å². The Balaban J connectivity index is 3.45. The number of halogens is 3. The fourth-order valence-electron chi connectivity index (χ4n) is 0.756. The Bertz CT molecular complexity index is 152. The maximum Gasteiger partial charge on any atom is 0.411 e. The zero-order valence-electron chi connectivity index (χ0n) is 8.34. The van der Waals surface area contributed by atoms with Crippen molar-refractivity contribution in [2.45, 2.75) is 19.1 Å². The molecule has 0 aromatic rings. The van der Waals surface area contributed by atoms with Gasteiger partial charge in [-0.05, 0) is 14.0 Å². The highest BCUT2D eigenvalue weighted by Gasteiger charge is 2.27. The zero-order valence-corrected chi connectivity index (χ0v) is 8.34. The predicted molar refractivity (Wildman–Crippen MR) is 46.1 cm³/mol. The summed E-state index contributed by atoms with van der Waals surface area (Å²) < 4.78 is 39.3. The minimum absolute atomic E-state index is 0.0142. The van der Waals surface area contributed by atoms with Gasteiger partial charge in [0.2, 0.25) is 0 Å². The predicted octanol–water partition coefficient (Wildman–Crippen LogP) is 0.878. The van der Waals surface area contributed by atoms with E-state index in [0.29, 0.717) is 6.54 Å². The van der Waals surface area contributed by atoms with Crippen molar-refractivity contribution in [3.63, 3.8) is 0 Å². The molecule has 1 atom stereocenters. The summed E-state index contributed by atoms with van der Waals surface area (Å²) in [5.41, 5.74) is 0. The van der Waals surface area contributed by atoms with Crippen molar-refractivity contribution in [3.8, 4) is 0 Å². The second-order valence-corrected chi connectivity index (χ2v) is 3.18. The van der Waals surface area contributed by atoms with Crippen LogP contribution in [0.3, 0.4) is 0 Å². The third kappa shape index (κ3) is 7.11. The Kier molecular flexibility index (Phi) is 6.06. The molecule has 1 N–H and O–H groups in total. The highest BCUT2D eigenvalue weighted by Crippen LogP contribution is 2.14. The molecule has 0 saturated carbocycles. The first-order valence-corrected chi connectivity index (χ1v) is 4.32. The number of rotatable bonds is 6. The molecule has 0 radical (unpaired) electrons. The van der Waals surface area contributed by atoms with Gasteiger partial charge >= 0.3 is 6.18 Å². The van der Waals surface area contributed by atoms with Crippen molar-refractivity contribution in [3.05, 3.63) is 0 Å². The molecular weight excluding hydrogens is 199 g/mol. The molecule has 0 heterocycles. The van der Waals surface area contributed by atoms with Crippen LogP contribution in [-0.4, -0.2) is 55.6 Å². The normalized spacial score (nSPS) is 14.8. The van der Waals surface area contributed by atoms with E-state index in [1.807, 2.05) is 0 Å². The summed E-state index contributed by atoms with van der Waals surface area (Å²) in [7, 11) is 1.72. The van der Waals surface area contributed by atoms with Crippen LogP contribution in [0.15, 0.2) is 0 Å². The van der Waals surface area contributed by atoms with Gasteiger partial charge in [-0.25, -0.2) is 0 Å². The molecule has 0 bridgehead atoms. The molecule has 0 aromatic carbocycles. The molecule has 0 rings (SSSR count). The zero-order chi connectivity index (χ0) is 11.2. The van der Waals surface area contributed by atoms with E-state index >= 15 is 0 Å². The fraction of sp³-hybridized carbons (Fsp3) is 1.00. The lowest BCUT2D eigenvalue weighted by atomic mass is 10.3. The lowest BCUT2D eigenvalue weighted by Crippen LogP contribution is -2.35. The van der Waals surface area contributed by atoms with Crippen molar-refractivity contribution in [1.82, 2.24) is 4.90 Å². The number of aliphatic hydroxyl groups excluding tert-OH is 1. The maximum atomic E-state index is 11.6. The van der Waals surface area contributed by atoms with Gasteiger partial charge in [0.25, 0.3) is 0 Å². The molecule has 14 heavy (non-hydrogen) atoms. The van der Waals surface area contributed by atoms with E-state index in [1.165, 1.54) is 0 Å². The molecule has 6 heteroatoms. The van der Waals surface area contributed by atoms with E-state index in [4.69, 9.17) is 5.11 Å². The first-order chi connectivity index (χ1) is 6.37. The van der Waals surface area contributed by atoms with Crippen LogP contribution in [0.1, 0.15) is 6.92 Å². The van der Waals surface area contributed by atoms with Crippen LogP contribution < -0.4 is 0 Å². The van der Waals surface area contributed by atoms with Gasteiger partial charge in [0.1, 0.15) is 6.61 Å². The maximum absolute atomic E-state index is 11.6. The quantitative estimate of drug-likeness (QED) is 0.667. The third-order valence-corrected chi connectivity index (χ3v) is 1.87. The number of hydrogen-bond donors (Lipinski definition) is 1. The topological polar surface area (TPSA) is 32.7 Å². The number of ether oxygens (including phenoxy) is 1. The monoisotopic (exact) mass is 215 g/mol. The van der Waals surface area contributed by atoms with Crippen molar-refractivity contribution in [2.75, 3.05) is 33.4 Å². The Labute approximate surface area is 81.5 Å². The van der Waals surface area contributed by atoms with Crippen LogP contribution in [-0.2, 0) is 4.74 Å². The van der Waals surface area contributed by atoms with Crippen LogP contribution in [0.5, 0.6) is 0 Å². The van der Waals surface area contributed by atoms with Crippen molar-refractivity contribution >= 4 is 0 Å². The fourth-order valence-corrected chi connectivity index (χ4v) is 0.756. The van der Waals surface area contributed by atoms with E-state index in [1.54, 1.807) is 18.9 Å². The van der Waals surface area contributed by atoms with Crippen LogP contribution in [0.4, 0.5) is 13.2 Å². The summed E-state index contributed by atoms with van der Waals surface area (Å²) >= 11 is 0. The lowest BCUT2D eigenvalue weighted by molar-refractivity contribution is -0.174. The van der Waals surface area contributed by atoms with Gasteiger partial charge in [-0.1, -0.05) is 0 Å². The summed E-state index contributed by atoms with van der Waals surface area (Å²) in [6.07, 6.45) is -4.26. The summed E-state index contributed by atoms with van der Waals surface area (Å²) in [5.74, 6) is 0. The lowest BCUT2D eigenvalue weighted by Gasteiger charge is -2.22. The van der Waals surface area contributed by atoms with E-state index in [9.17, 15) is 13.2 Å². The Hall–Kier alpha value is -0.330. The first-order valence-electron chi connectivity index (χ1n) is 4.32. The molecular formula is C8H16F3NO2. The van der Waals surface area contributed by atoms with E-state index in [-0.39, 0.29) is 19.3 Å². The molecule has 0 aliphatic rings. The standard InChI is InChI=1S/C8H16F3NO2/c1-7(5-13)12(2)3-4-14-6-8(9,10)11/h7,13H,3-6H2,1-2H3. The minimum atomic E-state index is -4.26. The molecule has 0 fully saturated rings. The molecule has 1 unspecified atom stereocenters. The SMILES string of the molecule is CC(CO)N(C)CCOCC(F)(F)F. The number of alkyl halides is 3. The van der Waals surface area contributed by atoms with Crippen molar-refractivity contribution in [1.29, 1.82) is 0 Å². The highest BCUT2D eigenvalue weighted by atomic mass is 19.4. The number of nitrogens with zero attached hydrogens (tertiary/aromatic N) is 1. The van der Waals surface area contributed by atoms with Crippen LogP contribution >= 0.6 is 0 Å². The van der Waals surface area contributed by atoms with Gasteiger partial charge < -0.3 is 9.84 Å². The first kappa shape index (κ1) is 13.7. The summed E-state index contributed by atoms with van der Waals surface area (Å²) in [5, 5.41) is 8.73. The van der Waals surface area contributed by atoms with Crippen molar-refractivity contribution < 1.29 is 23.0 Å². The molecule has 0 aromatic heterocycles. The second kappa shape index (κ2) is 6.21. The summed E-state index contributed by atoms with van der Waals surface area (Å²) in [6.45, 7) is 0.937. The molecule has 0 aliphatic heterocycles. The molecule has 0 aliphatic carbocycles. The molecule has 0 amide bonds. The van der Waals surface area contributed by atoms with Crippen molar-refractivity contribution in [2.24, 2.45) is 0 Å². The van der Waals surface area contributed by atoms with E-state index in [2.05, 4.69) is 4.74 Å². The highest BCUT2D eigenvalue weighted by molar-refractivity contribution is 4.60. The minimum Gasteiger partial charge on any atom is -0.395 e. The van der Waals surface area contributed by atoms with E-state index < -0.39 is 12.8 Å². The van der Waals surface area contributed by atoms with Gasteiger partial charge in [0, 0.05) is 12.6 Å². The van der Waals surface area contributed by atoms with Gasteiger partial charge in [-0.3, -0.25) is 4.90 Å². The average molecular weight is 215 g/mol. The van der Waals surface area contributed by atoms with Crippen LogP contribution in [0.25, 0.3) is 0 Å². The number of aliphatic hydroxyl groups is 1. The van der Waals surface area contributed by atoms with Crippen LogP contribution in [0.2, 0.25) is 0 Å².